The van der Waals surface area contributed by atoms with E-state index >= 15 is 0 Å². The molecule has 0 spiro atoms. The molecule has 0 aliphatic carbocycles. The van der Waals surface area contributed by atoms with Gasteiger partial charge < -0.3 is 9.52 Å². The maximum atomic E-state index is 11.7. The Hall–Kier alpha value is -1.85. The van der Waals surface area contributed by atoms with Gasteiger partial charge in [-0.1, -0.05) is 0 Å². The minimum Gasteiger partial charge on any atom is -0.481 e. The van der Waals surface area contributed by atoms with Gasteiger partial charge >= 0.3 is 5.97 Å². The van der Waals surface area contributed by atoms with Crippen LogP contribution in [0.25, 0.3) is 0 Å². The lowest BCUT2D eigenvalue weighted by Crippen LogP contribution is -2.49. The van der Waals surface area contributed by atoms with Crippen LogP contribution >= 0.6 is 0 Å². The largest absolute Gasteiger partial charge is 0.481 e. The van der Waals surface area contributed by atoms with Crippen LogP contribution in [0.3, 0.4) is 0 Å². The number of carboxylic acid groups (broad SMARTS) is 1. The summed E-state index contributed by atoms with van der Waals surface area (Å²) in [5.74, 6) is -1.25. The highest BCUT2D eigenvalue weighted by Gasteiger charge is 2.38. The van der Waals surface area contributed by atoms with Crippen LogP contribution < -0.4 is 4.90 Å². The van der Waals surface area contributed by atoms with Gasteiger partial charge in [0.15, 0.2) is 6.39 Å². The summed E-state index contributed by atoms with van der Waals surface area (Å²) in [4.78, 5) is 27.8. The molecular formula is C10H12N2O4. The summed E-state index contributed by atoms with van der Waals surface area (Å²) >= 11 is 0. The fraction of sp³-hybridized carbons (Fsp3) is 0.500. The summed E-state index contributed by atoms with van der Waals surface area (Å²) in [5.41, 5.74) is 0. The standard InChI is InChI=1S/C10H12N2O4/c1-6-7(10(14)15)2-3-8(13)12(6)9-4-11-5-16-9/h4-7H,2-3H2,1H3,(H,14,15)/t6-,7+/m1/s1. The maximum absolute atomic E-state index is 11.7. The molecule has 6 heteroatoms. The van der Waals surface area contributed by atoms with E-state index in [9.17, 15) is 9.59 Å². The number of piperidine rings is 1. The van der Waals surface area contributed by atoms with Gasteiger partial charge in [0.1, 0.15) is 0 Å². The summed E-state index contributed by atoms with van der Waals surface area (Å²) in [6.45, 7) is 1.71. The van der Waals surface area contributed by atoms with Crippen LogP contribution in [-0.2, 0) is 9.59 Å². The van der Waals surface area contributed by atoms with Crippen molar-refractivity contribution in [2.24, 2.45) is 5.92 Å². The Morgan fingerprint density at radius 1 is 1.69 bits per heavy atom. The Bertz CT molecular complexity index is 401. The Balaban J connectivity index is 2.28. The zero-order valence-electron chi connectivity index (χ0n) is 8.79. The third-order valence-corrected chi connectivity index (χ3v) is 2.90. The number of anilines is 1. The van der Waals surface area contributed by atoms with Crippen molar-refractivity contribution in [2.45, 2.75) is 25.8 Å². The molecule has 16 heavy (non-hydrogen) atoms. The average Bonchev–Trinajstić information content (AvgIpc) is 2.70. The number of hydrogen-bond donors (Lipinski definition) is 1. The normalized spacial score (nSPS) is 25.8. The van der Waals surface area contributed by atoms with Gasteiger partial charge in [0, 0.05) is 6.42 Å². The van der Waals surface area contributed by atoms with Crippen molar-refractivity contribution < 1.29 is 19.1 Å². The highest BCUT2D eigenvalue weighted by atomic mass is 16.4. The van der Waals surface area contributed by atoms with Crippen molar-refractivity contribution >= 4 is 17.8 Å². The van der Waals surface area contributed by atoms with Crippen LogP contribution in [0.15, 0.2) is 17.0 Å². The van der Waals surface area contributed by atoms with Crippen molar-refractivity contribution in [3.8, 4) is 0 Å². The molecule has 0 radical (unpaired) electrons. The van der Waals surface area contributed by atoms with E-state index in [2.05, 4.69) is 4.98 Å². The molecule has 1 aliphatic heterocycles. The number of nitrogens with zero attached hydrogens (tertiary/aromatic N) is 2. The molecule has 1 saturated heterocycles. The summed E-state index contributed by atoms with van der Waals surface area (Å²) in [6.07, 6.45) is 3.24. The summed E-state index contributed by atoms with van der Waals surface area (Å²) in [7, 11) is 0. The molecule has 6 nitrogen and oxygen atoms in total. The molecule has 1 fully saturated rings. The smallest absolute Gasteiger partial charge is 0.308 e. The predicted octanol–water partition coefficient (Wildman–Crippen LogP) is 0.891. The molecule has 86 valence electrons. The number of amides is 1. The number of aliphatic carboxylic acids is 1. The van der Waals surface area contributed by atoms with E-state index in [0.29, 0.717) is 12.3 Å². The number of carboxylic acids is 1. The van der Waals surface area contributed by atoms with Gasteiger partial charge in [-0.2, -0.15) is 0 Å². The SMILES string of the molecule is C[C@@H]1[C@@H](C(=O)O)CCC(=O)N1c1cnco1. The van der Waals surface area contributed by atoms with Crippen molar-refractivity contribution in [3.63, 3.8) is 0 Å². The molecule has 0 saturated carbocycles. The second kappa shape index (κ2) is 3.96. The van der Waals surface area contributed by atoms with Crippen LogP contribution in [0.1, 0.15) is 19.8 Å². The van der Waals surface area contributed by atoms with E-state index in [1.54, 1.807) is 6.92 Å². The number of carbonyl (C=O) groups is 2. The Labute approximate surface area is 91.9 Å². The molecule has 2 atom stereocenters. The summed E-state index contributed by atoms with van der Waals surface area (Å²) in [6, 6.07) is -0.410. The van der Waals surface area contributed by atoms with Gasteiger partial charge in [0.25, 0.3) is 0 Å². The molecule has 2 rings (SSSR count). The first-order valence-corrected chi connectivity index (χ1v) is 5.04. The van der Waals surface area contributed by atoms with Crippen molar-refractivity contribution in [1.82, 2.24) is 4.98 Å². The second-order valence-corrected chi connectivity index (χ2v) is 3.83. The Kier molecular flexibility index (Phi) is 2.64. The molecule has 1 amide bonds. The number of rotatable bonds is 2. The number of oxazole rings is 1. The quantitative estimate of drug-likeness (QED) is 0.806. The number of carbonyl (C=O) groups excluding carboxylic acids is 1. The zero-order valence-corrected chi connectivity index (χ0v) is 8.79. The van der Waals surface area contributed by atoms with Crippen LogP contribution in [0, 0.1) is 5.92 Å². The fourth-order valence-corrected chi connectivity index (χ4v) is 2.03. The first-order chi connectivity index (χ1) is 7.61. The van der Waals surface area contributed by atoms with E-state index in [1.807, 2.05) is 0 Å². The van der Waals surface area contributed by atoms with E-state index < -0.39 is 17.9 Å². The minimum absolute atomic E-state index is 0.123. The van der Waals surface area contributed by atoms with Crippen LogP contribution in [0.5, 0.6) is 0 Å². The fourth-order valence-electron chi connectivity index (χ4n) is 2.03. The van der Waals surface area contributed by atoms with E-state index in [4.69, 9.17) is 9.52 Å². The first-order valence-electron chi connectivity index (χ1n) is 5.04. The van der Waals surface area contributed by atoms with Gasteiger partial charge in [0.05, 0.1) is 18.2 Å². The average molecular weight is 224 g/mol. The lowest BCUT2D eigenvalue weighted by Gasteiger charge is -2.35. The first kappa shape index (κ1) is 10.7. The van der Waals surface area contributed by atoms with Gasteiger partial charge in [-0.05, 0) is 13.3 Å². The molecule has 2 heterocycles. The van der Waals surface area contributed by atoms with Crippen molar-refractivity contribution in [2.75, 3.05) is 4.90 Å². The van der Waals surface area contributed by atoms with E-state index in [-0.39, 0.29) is 12.3 Å². The monoisotopic (exact) mass is 224 g/mol. The van der Waals surface area contributed by atoms with Crippen molar-refractivity contribution in [3.05, 3.63) is 12.6 Å². The molecule has 1 aromatic rings. The van der Waals surface area contributed by atoms with Gasteiger partial charge in [-0.25, -0.2) is 4.98 Å². The number of hydrogen-bond acceptors (Lipinski definition) is 4. The molecule has 0 bridgehead atoms. The van der Waals surface area contributed by atoms with Gasteiger partial charge in [0.2, 0.25) is 11.8 Å². The maximum Gasteiger partial charge on any atom is 0.308 e. The van der Waals surface area contributed by atoms with Crippen LogP contribution in [0.2, 0.25) is 0 Å². The molecule has 0 unspecified atom stereocenters. The van der Waals surface area contributed by atoms with Gasteiger partial charge in [-0.3, -0.25) is 14.5 Å². The molecular weight excluding hydrogens is 212 g/mol. The summed E-state index contributed by atoms with van der Waals surface area (Å²) < 4.78 is 5.04. The number of aromatic nitrogens is 1. The molecule has 1 aromatic heterocycles. The molecule has 1 N–H and O–H groups in total. The third kappa shape index (κ3) is 1.66. The molecule has 1 aliphatic rings. The van der Waals surface area contributed by atoms with Crippen LogP contribution in [-0.4, -0.2) is 28.0 Å². The zero-order chi connectivity index (χ0) is 11.7. The highest BCUT2D eigenvalue weighted by molar-refractivity contribution is 5.95. The third-order valence-electron chi connectivity index (χ3n) is 2.90. The highest BCUT2D eigenvalue weighted by Crippen LogP contribution is 2.29. The summed E-state index contributed by atoms with van der Waals surface area (Å²) in [5, 5.41) is 9.03. The van der Waals surface area contributed by atoms with Crippen molar-refractivity contribution in [1.29, 1.82) is 0 Å². The van der Waals surface area contributed by atoms with E-state index in [1.165, 1.54) is 17.5 Å². The second-order valence-electron chi connectivity index (χ2n) is 3.83. The lowest BCUT2D eigenvalue weighted by atomic mass is 9.90. The lowest BCUT2D eigenvalue weighted by molar-refractivity contribution is -0.143. The Morgan fingerprint density at radius 3 is 3.00 bits per heavy atom. The molecule has 0 aromatic carbocycles. The Morgan fingerprint density at radius 2 is 2.44 bits per heavy atom. The predicted molar refractivity (Wildman–Crippen MR) is 53.8 cm³/mol. The van der Waals surface area contributed by atoms with Crippen LogP contribution in [0.4, 0.5) is 5.88 Å². The van der Waals surface area contributed by atoms with E-state index in [0.717, 1.165) is 0 Å². The minimum atomic E-state index is -0.885. The topological polar surface area (TPSA) is 83.6 Å². The van der Waals surface area contributed by atoms with Gasteiger partial charge in [-0.15, -0.1) is 0 Å².